The number of fused-ring (bicyclic) bond motifs is 1. The minimum Gasteiger partial charge on any atom is -0.267 e. The molecule has 0 spiro atoms. The normalized spacial score (nSPS) is 11.5. The van der Waals surface area contributed by atoms with Gasteiger partial charge in [-0.15, -0.1) is 0 Å². The van der Waals surface area contributed by atoms with Crippen LogP contribution >= 0.6 is 0 Å². The molecule has 4 aromatic rings. The Hall–Kier alpha value is -4.06. The van der Waals surface area contributed by atoms with Gasteiger partial charge in [0.15, 0.2) is 5.69 Å². The summed E-state index contributed by atoms with van der Waals surface area (Å²) in [7, 11) is 0. The van der Waals surface area contributed by atoms with E-state index in [0.29, 0.717) is 23.0 Å². The first-order valence-electron chi connectivity index (χ1n) is 10.1. The maximum atomic E-state index is 12.8. The van der Waals surface area contributed by atoms with E-state index in [1.165, 1.54) is 4.68 Å². The second-order valence-electron chi connectivity index (χ2n) is 7.10. The van der Waals surface area contributed by atoms with Crippen molar-refractivity contribution in [2.75, 3.05) is 0 Å². The Bertz CT molecular complexity index is 1320. The highest BCUT2D eigenvalue weighted by atomic mass is 16.2. The number of nitrogens with one attached hydrogen (secondary N) is 1. The van der Waals surface area contributed by atoms with Crippen LogP contribution in [0.25, 0.3) is 21.9 Å². The fourth-order valence-corrected chi connectivity index (χ4v) is 3.40. The predicted molar refractivity (Wildman–Crippen MR) is 123 cm³/mol. The van der Waals surface area contributed by atoms with Crippen LogP contribution in [0.1, 0.15) is 29.9 Å². The van der Waals surface area contributed by atoms with Crippen LogP contribution in [0.5, 0.6) is 0 Å². The van der Waals surface area contributed by atoms with Gasteiger partial charge in [0.05, 0.1) is 11.1 Å². The molecule has 4 rings (SSSR count). The zero-order chi connectivity index (χ0) is 21.8. The maximum Gasteiger partial charge on any atom is 0.292 e. The average molecular weight is 410 g/mol. The van der Waals surface area contributed by atoms with Gasteiger partial charge in [0.2, 0.25) is 0 Å². The fraction of sp³-hybridized carbons (Fsp3) is 0.120. The van der Waals surface area contributed by atoms with Gasteiger partial charge >= 0.3 is 0 Å². The molecule has 0 saturated carbocycles. The van der Waals surface area contributed by atoms with Crippen LogP contribution in [-0.4, -0.2) is 21.4 Å². The molecule has 154 valence electrons. The van der Waals surface area contributed by atoms with E-state index in [0.717, 1.165) is 16.7 Å². The Morgan fingerprint density at radius 1 is 0.903 bits per heavy atom. The number of carbonyl (C=O) groups excluding carboxylic acids is 1. The highest BCUT2D eigenvalue weighted by Gasteiger charge is 2.16. The van der Waals surface area contributed by atoms with Gasteiger partial charge in [0.25, 0.3) is 11.5 Å². The van der Waals surface area contributed by atoms with Gasteiger partial charge in [0.1, 0.15) is 0 Å². The average Bonchev–Trinajstić information content (AvgIpc) is 2.83. The van der Waals surface area contributed by atoms with Crippen LogP contribution in [0.3, 0.4) is 0 Å². The Kier molecular flexibility index (Phi) is 5.71. The zero-order valence-corrected chi connectivity index (χ0v) is 17.4. The molecule has 6 heteroatoms. The molecule has 1 heterocycles. The van der Waals surface area contributed by atoms with Crippen molar-refractivity contribution in [1.29, 1.82) is 0 Å². The summed E-state index contributed by atoms with van der Waals surface area (Å²) in [4.78, 5) is 25.3. The molecule has 0 atom stereocenters. The van der Waals surface area contributed by atoms with Crippen LogP contribution in [0.4, 0.5) is 0 Å². The molecule has 1 aromatic heterocycles. The molecule has 0 unspecified atom stereocenters. The number of nitrogens with zero attached hydrogens (tertiary/aromatic N) is 3. The van der Waals surface area contributed by atoms with E-state index in [1.807, 2.05) is 56.3 Å². The van der Waals surface area contributed by atoms with Crippen molar-refractivity contribution in [3.8, 4) is 11.1 Å². The minimum absolute atomic E-state index is 0.174. The van der Waals surface area contributed by atoms with Gasteiger partial charge in [-0.1, -0.05) is 72.8 Å². The standard InChI is InChI=1S/C25H22N4O2/c1-3-29-25(31)22-12-8-7-11-21(22)23(28-29)24(30)27-26-17(2)18-13-15-20(16-14-18)19-9-5-4-6-10-19/h4-16H,3H2,1-2H3,(H,27,30)/b26-17-. The predicted octanol–water partition coefficient (Wildman–Crippen LogP) is 4.24. The van der Waals surface area contributed by atoms with E-state index in [9.17, 15) is 9.59 Å². The SMILES string of the molecule is CCn1nc(C(=O)N/N=C(/C)c2ccc(-c3ccccc3)cc2)c2ccccc2c1=O. The Balaban J connectivity index is 1.58. The van der Waals surface area contributed by atoms with Gasteiger partial charge in [-0.3, -0.25) is 9.59 Å². The summed E-state index contributed by atoms with van der Waals surface area (Å²) in [6.07, 6.45) is 0. The van der Waals surface area contributed by atoms with E-state index >= 15 is 0 Å². The second kappa shape index (κ2) is 8.75. The highest BCUT2D eigenvalue weighted by Crippen LogP contribution is 2.19. The highest BCUT2D eigenvalue weighted by molar-refractivity contribution is 6.06. The summed E-state index contributed by atoms with van der Waals surface area (Å²) in [6, 6.07) is 25.1. The van der Waals surface area contributed by atoms with Crippen LogP contribution in [0.15, 0.2) is 88.8 Å². The second-order valence-corrected chi connectivity index (χ2v) is 7.10. The molecule has 0 radical (unpaired) electrons. The van der Waals surface area contributed by atoms with Crippen molar-refractivity contribution in [3.05, 3.63) is 100 Å². The Morgan fingerprint density at radius 3 is 2.19 bits per heavy atom. The number of hydrazone groups is 1. The molecule has 0 aliphatic rings. The zero-order valence-electron chi connectivity index (χ0n) is 17.4. The molecule has 0 aliphatic carbocycles. The third-order valence-corrected chi connectivity index (χ3v) is 5.12. The summed E-state index contributed by atoms with van der Waals surface area (Å²) >= 11 is 0. The Labute approximate surface area is 179 Å². The first-order chi connectivity index (χ1) is 15.1. The van der Waals surface area contributed by atoms with Crippen LogP contribution in [-0.2, 0) is 6.54 Å². The molecule has 1 N–H and O–H groups in total. The van der Waals surface area contributed by atoms with Crippen LogP contribution in [0, 0.1) is 0 Å². The number of benzene rings is 3. The van der Waals surface area contributed by atoms with E-state index in [1.54, 1.807) is 24.3 Å². The van der Waals surface area contributed by atoms with Crippen LogP contribution in [0.2, 0.25) is 0 Å². The summed E-state index contributed by atoms with van der Waals surface area (Å²) in [5.74, 6) is -0.460. The molecule has 6 nitrogen and oxygen atoms in total. The first-order valence-corrected chi connectivity index (χ1v) is 10.1. The first kappa shape index (κ1) is 20.2. The van der Waals surface area contributed by atoms with Crippen molar-refractivity contribution in [1.82, 2.24) is 15.2 Å². The summed E-state index contributed by atoms with van der Waals surface area (Å²) in [6.45, 7) is 4.02. The maximum absolute atomic E-state index is 12.8. The van der Waals surface area contributed by atoms with Crippen molar-refractivity contribution in [2.45, 2.75) is 20.4 Å². The van der Waals surface area contributed by atoms with Crippen LogP contribution < -0.4 is 11.0 Å². The molecule has 0 bridgehead atoms. The number of aromatic nitrogens is 2. The number of hydrogen-bond donors (Lipinski definition) is 1. The molecule has 0 fully saturated rings. The lowest BCUT2D eigenvalue weighted by Gasteiger charge is -2.09. The summed E-state index contributed by atoms with van der Waals surface area (Å²) in [5.41, 5.74) is 6.35. The van der Waals surface area contributed by atoms with E-state index < -0.39 is 5.91 Å². The number of amides is 1. The molecule has 31 heavy (non-hydrogen) atoms. The van der Waals surface area contributed by atoms with Crippen molar-refractivity contribution < 1.29 is 4.79 Å². The monoisotopic (exact) mass is 410 g/mol. The van der Waals surface area contributed by atoms with E-state index in [-0.39, 0.29) is 11.3 Å². The molecule has 0 saturated heterocycles. The van der Waals surface area contributed by atoms with Gasteiger partial charge < -0.3 is 0 Å². The molecule has 3 aromatic carbocycles. The number of rotatable bonds is 5. The Morgan fingerprint density at radius 2 is 1.52 bits per heavy atom. The largest absolute Gasteiger partial charge is 0.292 e. The lowest BCUT2D eigenvalue weighted by Crippen LogP contribution is -2.28. The van der Waals surface area contributed by atoms with Crippen molar-refractivity contribution in [2.24, 2.45) is 5.10 Å². The third kappa shape index (κ3) is 4.14. The number of aryl methyl sites for hydroxylation is 1. The lowest BCUT2D eigenvalue weighted by molar-refractivity contribution is 0.0949. The summed E-state index contributed by atoms with van der Waals surface area (Å²) < 4.78 is 1.29. The van der Waals surface area contributed by atoms with Gasteiger partial charge in [-0.05, 0) is 36.6 Å². The van der Waals surface area contributed by atoms with Crippen molar-refractivity contribution >= 4 is 22.4 Å². The molecule has 1 amide bonds. The van der Waals surface area contributed by atoms with Gasteiger partial charge in [-0.25, -0.2) is 10.1 Å². The number of carbonyl (C=O) groups is 1. The number of hydrogen-bond acceptors (Lipinski definition) is 4. The van der Waals surface area contributed by atoms with E-state index in [2.05, 4.69) is 27.8 Å². The summed E-state index contributed by atoms with van der Waals surface area (Å²) in [5, 5.41) is 9.45. The lowest BCUT2D eigenvalue weighted by atomic mass is 10.0. The smallest absolute Gasteiger partial charge is 0.267 e. The van der Waals surface area contributed by atoms with Crippen molar-refractivity contribution in [3.63, 3.8) is 0 Å². The fourth-order valence-electron chi connectivity index (χ4n) is 3.40. The van der Waals surface area contributed by atoms with Gasteiger partial charge in [-0.2, -0.15) is 10.2 Å². The minimum atomic E-state index is -0.460. The molecular weight excluding hydrogens is 388 g/mol. The molecule has 0 aliphatic heterocycles. The quantitative estimate of drug-likeness (QED) is 0.395. The molecular formula is C25H22N4O2. The topological polar surface area (TPSA) is 76.3 Å². The third-order valence-electron chi connectivity index (χ3n) is 5.12. The van der Waals surface area contributed by atoms with E-state index in [4.69, 9.17) is 0 Å². The van der Waals surface area contributed by atoms with Gasteiger partial charge in [0, 0.05) is 11.9 Å².